The zero-order valence-corrected chi connectivity index (χ0v) is 14.1. The molecule has 5 heteroatoms. The van der Waals surface area contributed by atoms with E-state index in [-0.39, 0.29) is 11.7 Å². The maximum atomic E-state index is 12.5. The number of amides is 1. The normalized spacial score (nSPS) is 10.6. The summed E-state index contributed by atoms with van der Waals surface area (Å²) >= 11 is 0. The molecule has 0 unspecified atom stereocenters. The van der Waals surface area contributed by atoms with Gasteiger partial charge >= 0.3 is 0 Å². The van der Waals surface area contributed by atoms with E-state index in [1.165, 1.54) is 6.92 Å². The van der Waals surface area contributed by atoms with Crippen LogP contribution in [0, 0.1) is 13.8 Å². The Kier molecular flexibility index (Phi) is 5.32. The third kappa shape index (κ3) is 3.86. The minimum Gasteiger partial charge on any atom is -0.354 e. The zero-order chi connectivity index (χ0) is 17.0. The summed E-state index contributed by atoms with van der Waals surface area (Å²) in [5.41, 5.74) is 4.42. The molecule has 0 aliphatic carbocycles. The van der Waals surface area contributed by atoms with Gasteiger partial charge in [-0.3, -0.25) is 14.6 Å². The molecular weight excluding hydrogens is 290 g/mol. The monoisotopic (exact) mass is 313 g/mol. The quantitative estimate of drug-likeness (QED) is 0.805. The molecule has 0 saturated carbocycles. The number of nitrogens with zero attached hydrogens (tertiary/aromatic N) is 1. The van der Waals surface area contributed by atoms with Crippen LogP contribution in [0.5, 0.6) is 0 Å². The lowest BCUT2D eigenvalue weighted by atomic mass is 10.0. The van der Waals surface area contributed by atoms with Crippen LogP contribution in [-0.2, 0) is 13.0 Å². The molecule has 23 heavy (non-hydrogen) atoms. The number of nitrogens with one attached hydrogen (secondary N) is 2. The van der Waals surface area contributed by atoms with E-state index in [1.807, 2.05) is 39.0 Å². The Balaban J connectivity index is 2.22. The average molecular weight is 313 g/mol. The number of ketones is 1. The van der Waals surface area contributed by atoms with E-state index >= 15 is 0 Å². The van der Waals surface area contributed by atoms with Crippen LogP contribution in [0.2, 0.25) is 0 Å². The molecule has 2 aromatic rings. The predicted molar refractivity (Wildman–Crippen MR) is 89.7 cm³/mol. The van der Waals surface area contributed by atoms with Crippen molar-refractivity contribution in [3.63, 3.8) is 0 Å². The molecule has 0 saturated heterocycles. The van der Waals surface area contributed by atoms with Gasteiger partial charge in [0.2, 0.25) is 0 Å². The lowest BCUT2D eigenvalue weighted by molar-refractivity contribution is 0.0944. The van der Waals surface area contributed by atoms with Crippen molar-refractivity contribution in [2.24, 2.45) is 0 Å². The standard InChI is InChI=1S/C18H23N3O2/c1-5-7-15-16(13(4)22)12(3)21-17(15)18(23)19-10-14-9-6-8-11(2)20-14/h6,8-9,21H,5,7,10H2,1-4H3,(H,19,23). The lowest BCUT2D eigenvalue weighted by Gasteiger charge is -2.07. The molecule has 2 aromatic heterocycles. The van der Waals surface area contributed by atoms with Crippen LogP contribution in [0.3, 0.4) is 0 Å². The van der Waals surface area contributed by atoms with Crippen LogP contribution in [0.1, 0.15) is 63.8 Å². The molecular formula is C18H23N3O2. The lowest BCUT2D eigenvalue weighted by Crippen LogP contribution is -2.25. The van der Waals surface area contributed by atoms with Gasteiger partial charge in [0, 0.05) is 17.0 Å². The number of H-pyrrole nitrogens is 1. The maximum Gasteiger partial charge on any atom is 0.268 e. The Morgan fingerprint density at radius 3 is 2.61 bits per heavy atom. The predicted octanol–water partition coefficient (Wildman–Crippen LogP) is 3.11. The third-order valence-corrected chi connectivity index (χ3v) is 3.75. The van der Waals surface area contributed by atoms with Gasteiger partial charge in [-0.25, -0.2) is 0 Å². The van der Waals surface area contributed by atoms with Gasteiger partial charge in [-0.1, -0.05) is 19.4 Å². The van der Waals surface area contributed by atoms with Crippen molar-refractivity contribution in [2.45, 2.75) is 47.1 Å². The van der Waals surface area contributed by atoms with Crippen LogP contribution >= 0.6 is 0 Å². The molecule has 0 fully saturated rings. The van der Waals surface area contributed by atoms with Gasteiger partial charge in [0.15, 0.2) is 5.78 Å². The first kappa shape index (κ1) is 16.9. The van der Waals surface area contributed by atoms with Crippen molar-refractivity contribution in [1.29, 1.82) is 0 Å². The summed E-state index contributed by atoms with van der Waals surface area (Å²) in [7, 11) is 0. The molecule has 0 bridgehead atoms. The topological polar surface area (TPSA) is 74.8 Å². The fraction of sp³-hybridized carbons (Fsp3) is 0.389. The molecule has 0 atom stereocenters. The van der Waals surface area contributed by atoms with Crippen molar-refractivity contribution >= 4 is 11.7 Å². The number of hydrogen-bond acceptors (Lipinski definition) is 3. The van der Waals surface area contributed by atoms with Crippen molar-refractivity contribution in [2.75, 3.05) is 0 Å². The minimum atomic E-state index is -0.202. The summed E-state index contributed by atoms with van der Waals surface area (Å²) in [6.07, 6.45) is 1.57. The van der Waals surface area contributed by atoms with Gasteiger partial charge in [-0.05, 0) is 44.9 Å². The van der Waals surface area contributed by atoms with Gasteiger partial charge in [0.1, 0.15) is 5.69 Å². The van der Waals surface area contributed by atoms with Crippen LogP contribution in [0.4, 0.5) is 0 Å². The third-order valence-electron chi connectivity index (χ3n) is 3.75. The van der Waals surface area contributed by atoms with Crippen LogP contribution < -0.4 is 5.32 Å². The molecule has 122 valence electrons. The molecule has 2 rings (SSSR count). The highest BCUT2D eigenvalue weighted by molar-refractivity contribution is 6.02. The number of aromatic nitrogens is 2. The van der Waals surface area contributed by atoms with Crippen LogP contribution in [0.15, 0.2) is 18.2 Å². The molecule has 1 amide bonds. The van der Waals surface area contributed by atoms with E-state index in [4.69, 9.17) is 0 Å². The number of rotatable bonds is 6. The van der Waals surface area contributed by atoms with Gasteiger partial charge in [-0.2, -0.15) is 0 Å². The summed E-state index contributed by atoms with van der Waals surface area (Å²) in [6.45, 7) is 7.67. The first-order chi connectivity index (χ1) is 10.9. The highest BCUT2D eigenvalue weighted by Crippen LogP contribution is 2.21. The fourth-order valence-electron chi connectivity index (χ4n) is 2.80. The highest BCUT2D eigenvalue weighted by atomic mass is 16.2. The Morgan fingerprint density at radius 1 is 1.26 bits per heavy atom. The minimum absolute atomic E-state index is 0.0124. The second-order valence-electron chi connectivity index (χ2n) is 5.74. The Morgan fingerprint density at radius 2 is 2.00 bits per heavy atom. The molecule has 0 aliphatic heterocycles. The Hall–Kier alpha value is -2.43. The van der Waals surface area contributed by atoms with E-state index in [1.54, 1.807) is 0 Å². The summed E-state index contributed by atoms with van der Waals surface area (Å²) in [6, 6.07) is 5.71. The van der Waals surface area contributed by atoms with E-state index in [2.05, 4.69) is 15.3 Å². The van der Waals surface area contributed by atoms with E-state index < -0.39 is 0 Å². The van der Waals surface area contributed by atoms with Crippen LogP contribution in [-0.4, -0.2) is 21.7 Å². The smallest absolute Gasteiger partial charge is 0.268 e. The molecule has 0 aliphatic rings. The SMILES string of the molecule is CCCc1c(C(=O)NCc2cccc(C)n2)[nH]c(C)c1C(C)=O. The van der Waals surface area contributed by atoms with E-state index in [0.29, 0.717) is 24.2 Å². The summed E-state index contributed by atoms with van der Waals surface area (Å²) < 4.78 is 0. The number of Topliss-reactive ketones (excluding diaryl/α,β-unsaturated/α-hetero) is 1. The molecule has 0 radical (unpaired) electrons. The number of aryl methyl sites for hydroxylation is 2. The summed E-state index contributed by atoms with van der Waals surface area (Å²) in [4.78, 5) is 31.8. The van der Waals surface area contributed by atoms with Gasteiger partial charge in [0.05, 0.1) is 12.2 Å². The fourth-order valence-corrected chi connectivity index (χ4v) is 2.80. The second kappa shape index (κ2) is 7.22. The molecule has 0 aromatic carbocycles. The van der Waals surface area contributed by atoms with Crippen molar-refractivity contribution in [1.82, 2.24) is 15.3 Å². The zero-order valence-electron chi connectivity index (χ0n) is 14.1. The first-order valence-corrected chi connectivity index (χ1v) is 7.87. The van der Waals surface area contributed by atoms with Crippen molar-refractivity contribution in [3.05, 3.63) is 52.1 Å². The number of carbonyl (C=O) groups is 2. The largest absolute Gasteiger partial charge is 0.354 e. The number of pyridine rings is 1. The van der Waals surface area contributed by atoms with E-state index in [0.717, 1.165) is 29.1 Å². The van der Waals surface area contributed by atoms with Gasteiger partial charge in [0.25, 0.3) is 5.91 Å². The highest BCUT2D eigenvalue weighted by Gasteiger charge is 2.21. The Bertz CT molecular complexity index is 732. The maximum absolute atomic E-state index is 12.5. The van der Waals surface area contributed by atoms with Gasteiger partial charge in [-0.15, -0.1) is 0 Å². The number of hydrogen-bond donors (Lipinski definition) is 2. The number of carbonyl (C=O) groups excluding carboxylic acids is 2. The van der Waals surface area contributed by atoms with E-state index in [9.17, 15) is 9.59 Å². The van der Waals surface area contributed by atoms with Gasteiger partial charge < -0.3 is 10.3 Å². The molecule has 5 nitrogen and oxygen atoms in total. The van der Waals surface area contributed by atoms with Crippen molar-refractivity contribution in [3.8, 4) is 0 Å². The first-order valence-electron chi connectivity index (χ1n) is 7.87. The number of aromatic amines is 1. The Labute approximate surface area is 136 Å². The van der Waals surface area contributed by atoms with Crippen molar-refractivity contribution < 1.29 is 9.59 Å². The molecule has 0 spiro atoms. The summed E-state index contributed by atoms with van der Waals surface area (Å²) in [5.74, 6) is -0.214. The molecule has 2 heterocycles. The second-order valence-corrected chi connectivity index (χ2v) is 5.74. The van der Waals surface area contributed by atoms with Crippen LogP contribution in [0.25, 0.3) is 0 Å². The average Bonchev–Trinajstić information content (AvgIpc) is 2.82. The summed E-state index contributed by atoms with van der Waals surface area (Å²) in [5, 5.41) is 2.88. The molecule has 2 N–H and O–H groups in total.